The molecule has 3 atom stereocenters. The minimum absolute atomic E-state index is 0.0281. The standard InChI is InChI=1S/C12H14ClN3O3S/c13-3-12(4-17)8(18)1-7(19-12)6-2-20-10-9(6)15-5-16-11(10)14/h2,5,7-8,17-18H,1,3-4H2,(H2,14,15,16)/t7?,8-,12+/m0/s1. The molecule has 1 unspecified atom stereocenters. The lowest BCUT2D eigenvalue weighted by Crippen LogP contribution is -2.44. The van der Waals surface area contributed by atoms with E-state index < -0.39 is 11.7 Å². The smallest absolute Gasteiger partial charge is 0.144 e. The normalized spacial score (nSPS) is 30.1. The molecule has 0 radical (unpaired) electrons. The van der Waals surface area contributed by atoms with E-state index in [4.69, 9.17) is 22.1 Å². The van der Waals surface area contributed by atoms with Crippen LogP contribution in [0.15, 0.2) is 11.7 Å². The van der Waals surface area contributed by atoms with E-state index >= 15 is 0 Å². The summed E-state index contributed by atoms with van der Waals surface area (Å²) < 4.78 is 6.62. The number of fused-ring (bicyclic) bond motifs is 1. The van der Waals surface area contributed by atoms with Crippen LogP contribution in [0.3, 0.4) is 0 Å². The molecule has 1 aliphatic heterocycles. The monoisotopic (exact) mass is 315 g/mol. The van der Waals surface area contributed by atoms with Crippen molar-refractivity contribution < 1.29 is 14.9 Å². The summed E-state index contributed by atoms with van der Waals surface area (Å²) in [6, 6.07) is 0. The second-order valence-electron chi connectivity index (χ2n) is 4.84. The first-order valence-corrected chi connectivity index (χ1v) is 7.53. The zero-order valence-corrected chi connectivity index (χ0v) is 12.1. The number of anilines is 1. The van der Waals surface area contributed by atoms with Crippen molar-refractivity contribution in [1.29, 1.82) is 0 Å². The Labute approximate surface area is 124 Å². The Bertz CT molecular complexity index is 631. The van der Waals surface area contributed by atoms with Crippen LogP contribution in [0.5, 0.6) is 0 Å². The van der Waals surface area contributed by atoms with E-state index in [0.717, 1.165) is 15.8 Å². The minimum atomic E-state index is -1.11. The summed E-state index contributed by atoms with van der Waals surface area (Å²) >= 11 is 7.28. The van der Waals surface area contributed by atoms with Crippen molar-refractivity contribution in [2.45, 2.75) is 24.2 Å². The summed E-state index contributed by atoms with van der Waals surface area (Å²) in [7, 11) is 0. The van der Waals surface area contributed by atoms with Gasteiger partial charge < -0.3 is 20.7 Å². The number of aliphatic hydroxyl groups is 2. The molecule has 6 nitrogen and oxygen atoms in total. The highest BCUT2D eigenvalue weighted by Crippen LogP contribution is 2.43. The average molecular weight is 316 g/mol. The summed E-state index contributed by atoms with van der Waals surface area (Å²) in [6.07, 6.45) is 0.589. The van der Waals surface area contributed by atoms with Gasteiger partial charge in [-0.3, -0.25) is 0 Å². The summed E-state index contributed by atoms with van der Waals surface area (Å²) in [6.45, 7) is -0.326. The number of hydrogen-bond donors (Lipinski definition) is 3. The molecule has 3 rings (SSSR count). The van der Waals surface area contributed by atoms with Gasteiger partial charge in [0.1, 0.15) is 17.7 Å². The lowest BCUT2D eigenvalue weighted by atomic mass is 9.98. The van der Waals surface area contributed by atoms with Gasteiger partial charge in [-0.2, -0.15) is 0 Å². The number of nitrogens with two attached hydrogens (primary N) is 1. The molecule has 20 heavy (non-hydrogen) atoms. The number of aromatic nitrogens is 2. The molecule has 1 aliphatic rings. The van der Waals surface area contributed by atoms with Crippen LogP contribution in [-0.2, 0) is 4.74 Å². The van der Waals surface area contributed by atoms with Gasteiger partial charge in [-0.1, -0.05) is 0 Å². The third-order valence-corrected chi connectivity index (χ3v) is 5.13. The van der Waals surface area contributed by atoms with Crippen LogP contribution in [0.2, 0.25) is 0 Å². The maximum Gasteiger partial charge on any atom is 0.144 e. The van der Waals surface area contributed by atoms with Crippen molar-refractivity contribution in [2.24, 2.45) is 0 Å². The lowest BCUT2D eigenvalue weighted by Gasteiger charge is -2.27. The van der Waals surface area contributed by atoms with Gasteiger partial charge >= 0.3 is 0 Å². The summed E-state index contributed by atoms with van der Waals surface area (Å²) in [5, 5.41) is 21.5. The lowest BCUT2D eigenvalue weighted by molar-refractivity contribution is -0.0965. The van der Waals surface area contributed by atoms with E-state index in [2.05, 4.69) is 9.97 Å². The molecule has 0 saturated carbocycles. The van der Waals surface area contributed by atoms with Gasteiger partial charge in [-0.05, 0) is 5.38 Å². The molecular formula is C12H14ClN3O3S. The number of rotatable bonds is 3. The van der Waals surface area contributed by atoms with Crippen LogP contribution in [-0.4, -0.2) is 44.4 Å². The number of nitrogens with zero attached hydrogens (tertiary/aromatic N) is 2. The molecule has 8 heteroatoms. The van der Waals surface area contributed by atoms with Gasteiger partial charge in [0.15, 0.2) is 0 Å². The molecule has 4 N–H and O–H groups in total. The Balaban J connectivity index is 1.99. The van der Waals surface area contributed by atoms with Crippen molar-refractivity contribution in [3.63, 3.8) is 0 Å². The number of thiophene rings is 1. The highest BCUT2D eigenvalue weighted by molar-refractivity contribution is 7.17. The molecular weight excluding hydrogens is 302 g/mol. The predicted octanol–water partition coefficient (Wildman–Crippen LogP) is 1.07. The number of alkyl halides is 1. The SMILES string of the molecule is Nc1ncnc2c(C3C[C@H](O)[C@](CO)(CCl)O3)csc12. The molecule has 2 aromatic rings. The van der Waals surface area contributed by atoms with Crippen LogP contribution in [0.4, 0.5) is 5.82 Å². The van der Waals surface area contributed by atoms with Crippen LogP contribution in [0, 0.1) is 0 Å². The Morgan fingerprint density at radius 3 is 3.00 bits per heavy atom. The Morgan fingerprint density at radius 1 is 1.55 bits per heavy atom. The number of hydrogen-bond acceptors (Lipinski definition) is 7. The Kier molecular flexibility index (Phi) is 3.55. The first kappa shape index (κ1) is 14.0. The van der Waals surface area contributed by atoms with E-state index in [9.17, 15) is 10.2 Å². The molecule has 108 valence electrons. The first-order chi connectivity index (χ1) is 9.61. The number of nitrogen functional groups attached to an aromatic ring is 1. The van der Waals surface area contributed by atoms with E-state index in [1.165, 1.54) is 17.7 Å². The molecule has 3 heterocycles. The number of aliphatic hydroxyl groups excluding tert-OH is 2. The van der Waals surface area contributed by atoms with Crippen molar-refractivity contribution in [3.8, 4) is 0 Å². The fourth-order valence-corrected chi connectivity index (χ4v) is 3.73. The third-order valence-electron chi connectivity index (χ3n) is 3.67. The fourth-order valence-electron chi connectivity index (χ4n) is 2.44. The largest absolute Gasteiger partial charge is 0.393 e. The maximum absolute atomic E-state index is 10.1. The highest BCUT2D eigenvalue weighted by Gasteiger charge is 2.48. The number of ether oxygens (including phenoxy) is 1. The van der Waals surface area contributed by atoms with E-state index in [-0.39, 0.29) is 18.6 Å². The molecule has 0 amide bonds. The fraction of sp³-hybridized carbons (Fsp3) is 0.500. The van der Waals surface area contributed by atoms with Crippen LogP contribution in [0.1, 0.15) is 18.1 Å². The predicted molar refractivity (Wildman–Crippen MR) is 76.8 cm³/mol. The van der Waals surface area contributed by atoms with Gasteiger partial charge in [0, 0.05) is 12.0 Å². The summed E-state index contributed by atoms with van der Waals surface area (Å²) in [4.78, 5) is 8.18. The second-order valence-corrected chi connectivity index (χ2v) is 5.99. The molecule has 0 aliphatic carbocycles. The Hall–Kier alpha value is -0.990. The molecule has 0 spiro atoms. The topological polar surface area (TPSA) is 101 Å². The van der Waals surface area contributed by atoms with Crippen molar-refractivity contribution in [1.82, 2.24) is 9.97 Å². The quantitative estimate of drug-likeness (QED) is 0.732. The van der Waals surface area contributed by atoms with Crippen LogP contribution in [0.25, 0.3) is 10.2 Å². The maximum atomic E-state index is 10.1. The Morgan fingerprint density at radius 2 is 2.35 bits per heavy atom. The minimum Gasteiger partial charge on any atom is -0.393 e. The van der Waals surface area contributed by atoms with Gasteiger partial charge in [0.2, 0.25) is 0 Å². The van der Waals surface area contributed by atoms with Gasteiger partial charge in [-0.15, -0.1) is 22.9 Å². The van der Waals surface area contributed by atoms with E-state index in [1.54, 1.807) is 0 Å². The summed E-state index contributed by atoms with van der Waals surface area (Å²) in [5.74, 6) is 0.455. The summed E-state index contributed by atoms with van der Waals surface area (Å²) in [5.41, 5.74) is 6.27. The molecule has 0 aromatic carbocycles. The first-order valence-electron chi connectivity index (χ1n) is 6.11. The van der Waals surface area contributed by atoms with Gasteiger partial charge in [0.25, 0.3) is 0 Å². The zero-order valence-electron chi connectivity index (χ0n) is 10.5. The average Bonchev–Trinajstić information content (AvgIpc) is 3.01. The van der Waals surface area contributed by atoms with E-state index in [1.807, 2.05) is 5.38 Å². The van der Waals surface area contributed by atoms with Gasteiger partial charge in [0.05, 0.1) is 34.9 Å². The van der Waals surface area contributed by atoms with Crippen LogP contribution >= 0.6 is 22.9 Å². The molecule has 1 fully saturated rings. The molecule has 2 aromatic heterocycles. The molecule has 0 bridgehead atoms. The van der Waals surface area contributed by atoms with Gasteiger partial charge in [-0.25, -0.2) is 9.97 Å². The van der Waals surface area contributed by atoms with Crippen molar-refractivity contribution >= 4 is 39.0 Å². The highest BCUT2D eigenvalue weighted by atomic mass is 35.5. The second kappa shape index (κ2) is 5.09. The number of halogens is 1. The van der Waals surface area contributed by atoms with Crippen molar-refractivity contribution in [3.05, 3.63) is 17.3 Å². The molecule has 1 saturated heterocycles. The van der Waals surface area contributed by atoms with E-state index in [0.29, 0.717) is 12.2 Å². The zero-order chi connectivity index (χ0) is 14.3. The van der Waals surface area contributed by atoms with Crippen LogP contribution < -0.4 is 5.73 Å². The van der Waals surface area contributed by atoms with Crippen molar-refractivity contribution in [2.75, 3.05) is 18.2 Å². The third kappa shape index (κ3) is 1.97.